The average Bonchev–Trinajstić information content (AvgIpc) is 2.89. The van der Waals surface area contributed by atoms with E-state index >= 15 is 0 Å². The van der Waals surface area contributed by atoms with Gasteiger partial charge in [-0.05, 0) is 38.7 Å². The molecule has 3 rings (SSSR count). The Kier molecular flexibility index (Phi) is 5.98. The maximum Gasteiger partial charge on any atom is 0.494 e. The third-order valence-corrected chi connectivity index (χ3v) is 5.56. The zero-order valence-corrected chi connectivity index (χ0v) is 17.4. The third-order valence-electron chi connectivity index (χ3n) is 5.56. The first kappa shape index (κ1) is 20.9. The molecule has 0 saturated carbocycles. The van der Waals surface area contributed by atoms with E-state index in [0.717, 1.165) is 22.2 Å². The van der Waals surface area contributed by atoms with Crippen molar-refractivity contribution < 1.29 is 14.0 Å². The van der Waals surface area contributed by atoms with Gasteiger partial charge in [-0.3, -0.25) is 0 Å². The second-order valence-corrected chi connectivity index (χ2v) is 8.20. The highest BCUT2D eigenvalue weighted by atomic mass is 16.7. The van der Waals surface area contributed by atoms with Gasteiger partial charge in [0.25, 0.3) is 0 Å². The molecule has 5 nitrogen and oxygen atoms in total. The lowest BCUT2D eigenvalue weighted by Crippen LogP contribution is -2.41. The molecule has 1 aliphatic rings. The fraction of sp³-hybridized carbons (Fsp3) is 0.391. The maximum atomic E-state index is 9.34. The summed E-state index contributed by atoms with van der Waals surface area (Å²) in [4.78, 5) is 0. The Balaban J connectivity index is 1.97. The first-order valence-corrected chi connectivity index (χ1v) is 9.69. The quantitative estimate of drug-likeness (QED) is 0.706. The summed E-state index contributed by atoms with van der Waals surface area (Å²) in [6, 6.07) is 18.0. The zero-order chi connectivity index (χ0) is 21.1. The minimum Gasteiger partial charge on any atom is -0.488 e. The monoisotopic (exact) mass is 388 g/mol. The molecule has 0 aliphatic carbocycles. The molecule has 1 heterocycles. The van der Waals surface area contributed by atoms with E-state index in [-0.39, 0.29) is 12.8 Å². The summed E-state index contributed by atoms with van der Waals surface area (Å²) in [6.07, 6.45) is 0.353. The lowest BCUT2D eigenvalue weighted by atomic mass is 9.76. The molecule has 0 amide bonds. The van der Waals surface area contributed by atoms with Gasteiger partial charge in [0.05, 0.1) is 36.2 Å². The van der Waals surface area contributed by atoms with Crippen molar-refractivity contribution >= 4 is 12.6 Å². The highest BCUT2D eigenvalue weighted by Gasteiger charge is 2.51. The van der Waals surface area contributed by atoms with Crippen LogP contribution >= 0.6 is 0 Å². The molecule has 1 fully saturated rings. The third kappa shape index (κ3) is 4.45. The summed E-state index contributed by atoms with van der Waals surface area (Å²) in [7, 11) is -0.557. The first-order valence-electron chi connectivity index (χ1n) is 9.69. The molecule has 148 valence electrons. The van der Waals surface area contributed by atoms with Crippen LogP contribution in [0.5, 0.6) is 5.75 Å². The van der Waals surface area contributed by atoms with Gasteiger partial charge in [0.15, 0.2) is 0 Å². The van der Waals surface area contributed by atoms with Gasteiger partial charge in [-0.25, -0.2) is 0 Å². The first-order chi connectivity index (χ1) is 13.8. The van der Waals surface area contributed by atoms with Crippen molar-refractivity contribution in [3.8, 4) is 17.9 Å². The Morgan fingerprint density at radius 3 is 1.90 bits per heavy atom. The van der Waals surface area contributed by atoms with Gasteiger partial charge in [-0.2, -0.15) is 10.5 Å². The summed E-state index contributed by atoms with van der Waals surface area (Å²) >= 11 is 0. The van der Waals surface area contributed by atoms with Gasteiger partial charge < -0.3 is 14.0 Å². The molecule has 1 saturated heterocycles. The van der Waals surface area contributed by atoms with Crippen molar-refractivity contribution in [2.24, 2.45) is 0 Å². The van der Waals surface area contributed by atoms with Crippen molar-refractivity contribution in [2.45, 2.75) is 58.3 Å². The van der Waals surface area contributed by atoms with Crippen molar-refractivity contribution in [1.82, 2.24) is 0 Å². The van der Waals surface area contributed by atoms with Crippen molar-refractivity contribution in [2.75, 3.05) is 0 Å². The molecule has 0 unspecified atom stereocenters. The molecule has 0 atom stereocenters. The van der Waals surface area contributed by atoms with Crippen LogP contribution < -0.4 is 10.2 Å². The van der Waals surface area contributed by atoms with E-state index in [0.29, 0.717) is 12.4 Å². The van der Waals surface area contributed by atoms with Crippen LogP contribution in [-0.4, -0.2) is 18.3 Å². The molecule has 2 aromatic carbocycles. The van der Waals surface area contributed by atoms with Crippen LogP contribution in [0.15, 0.2) is 42.5 Å². The van der Waals surface area contributed by atoms with E-state index < -0.39 is 18.3 Å². The second-order valence-electron chi connectivity index (χ2n) is 8.20. The van der Waals surface area contributed by atoms with Crippen molar-refractivity contribution in [3.05, 3.63) is 59.2 Å². The Hall–Kier alpha value is -2.80. The number of ether oxygens (including phenoxy) is 1. The van der Waals surface area contributed by atoms with E-state index in [4.69, 9.17) is 14.0 Å². The molecule has 0 bridgehead atoms. The minimum atomic E-state index is -0.557. The number of nitrogens with zero attached hydrogens (tertiary/aromatic N) is 2. The Bertz CT molecular complexity index is 905. The van der Waals surface area contributed by atoms with Crippen molar-refractivity contribution in [3.63, 3.8) is 0 Å². The van der Waals surface area contributed by atoms with Crippen LogP contribution in [0.4, 0.5) is 0 Å². The van der Waals surface area contributed by atoms with E-state index in [1.807, 2.05) is 70.2 Å². The van der Waals surface area contributed by atoms with E-state index in [1.54, 1.807) is 0 Å². The van der Waals surface area contributed by atoms with Crippen LogP contribution in [0.2, 0.25) is 0 Å². The summed E-state index contributed by atoms with van der Waals surface area (Å²) in [5, 5.41) is 18.7. The fourth-order valence-corrected chi connectivity index (χ4v) is 3.24. The minimum absolute atomic E-state index is 0.176. The SMILES string of the molecule is CC1(C)OB(c2cc(CC#N)c(OCc3ccccc3)c(CC#N)c2)OC1(C)C. The number of benzene rings is 2. The lowest BCUT2D eigenvalue weighted by Gasteiger charge is -2.32. The van der Waals surface area contributed by atoms with Crippen LogP contribution in [0.1, 0.15) is 44.4 Å². The van der Waals surface area contributed by atoms with Crippen LogP contribution in [0, 0.1) is 22.7 Å². The Morgan fingerprint density at radius 1 is 0.897 bits per heavy atom. The second kappa shape index (κ2) is 8.29. The van der Waals surface area contributed by atoms with Gasteiger partial charge in [-0.15, -0.1) is 0 Å². The average molecular weight is 388 g/mol. The molecule has 0 spiro atoms. The Labute approximate surface area is 173 Å². The standard InChI is InChI=1S/C23H25BN2O3/c1-22(2)23(3,4)29-24(28-22)20-14-18(10-12-25)21(19(15-20)11-13-26)27-16-17-8-6-5-7-9-17/h5-9,14-15H,10-11,16H2,1-4H3. The molecule has 1 aliphatic heterocycles. The molecule has 6 heteroatoms. The lowest BCUT2D eigenvalue weighted by molar-refractivity contribution is 0.00578. The topological polar surface area (TPSA) is 75.3 Å². The molecule has 0 radical (unpaired) electrons. The largest absolute Gasteiger partial charge is 0.494 e. The zero-order valence-electron chi connectivity index (χ0n) is 17.4. The highest BCUT2D eigenvalue weighted by Crippen LogP contribution is 2.37. The van der Waals surface area contributed by atoms with E-state index in [1.165, 1.54) is 0 Å². The summed E-state index contributed by atoms with van der Waals surface area (Å²) in [5.74, 6) is 0.595. The molecule has 0 N–H and O–H groups in total. The van der Waals surface area contributed by atoms with Crippen molar-refractivity contribution in [1.29, 1.82) is 10.5 Å². The van der Waals surface area contributed by atoms with Gasteiger partial charge in [-0.1, -0.05) is 42.5 Å². The molecule has 29 heavy (non-hydrogen) atoms. The summed E-state index contributed by atoms with van der Waals surface area (Å²) in [6.45, 7) is 8.36. The van der Waals surface area contributed by atoms with Gasteiger partial charge in [0.1, 0.15) is 12.4 Å². The fourth-order valence-electron chi connectivity index (χ4n) is 3.24. The normalized spacial score (nSPS) is 16.8. The molecular weight excluding hydrogens is 363 g/mol. The van der Waals surface area contributed by atoms with Gasteiger partial charge >= 0.3 is 7.12 Å². The molecule has 2 aromatic rings. The number of nitriles is 2. The predicted octanol–water partition coefficient (Wildman–Crippen LogP) is 3.70. The smallest absolute Gasteiger partial charge is 0.488 e. The van der Waals surface area contributed by atoms with Gasteiger partial charge in [0.2, 0.25) is 0 Å². The highest BCUT2D eigenvalue weighted by molar-refractivity contribution is 6.62. The maximum absolute atomic E-state index is 9.34. The van der Waals surface area contributed by atoms with E-state index in [9.17, 15) is 10.5 Å². The summed E-state index contributed by atoms with van der Waals surface area (Å²) in [5.41, 5.74) is 2.36. The molecular formula is C23H25BN2O3. The van der Waals surface area contributed by atoms with Crippen LogP contribution in [0.3, 0.4) is 0 Å². The number of hydrogen-bond donors (Lipinski definition) is 0. The number of rotatable bonds is 6. The molecule has 0 aromatic heterocycles. The number of hydrogen-bond acceptors (Lipinski definition) is 5. The van der Waals surface area contributed by atoms with Gasteiger partial charge in [0, 0.05) is 11.1 Å². The summed E-state index contributed by atoms with van der Waals surface area (Å²) < 4.78 is 18.4. The van der Waals surface area contributed by atoms with Crippen LogP contribution in [-0.2, 0) is 28.8 Å². The van der Waals surface area contributed by atoms with E-state index in [2.05, 4.69) is 12.1 Å². The van der Waals surface area contributed by atoms with Crippen LogP contribution in [0.25, 0.3) is 0 Å². The Morgan fingerprint density at radius 2 is 1.41 bits per heavy atom. The predicted molar refractivity (Wildman–Crippen MR) is 112 cm³/mol.